The molecule has 2 N–H and O–H groups in total. The number of nitrogens with zero attached hydrogens (tertiary/aromatic N) is 2. The summed E-state index contributed by atoms with van der Waals surface area (Å²) in [5.41, 5.74) is 8.78. The smallest absolute Gasteiger partial charge is 0.248 e. The van der Waals surface area contributed by atoms with Gasteiger partial charge < -0.3 is 15.5 Å². The van der Waals surface area contributed by atoms with Crippen LogP contribution in [-0.4, -0.2) is 25.0 Å². The van der Waals surface area contributed by atoms with Crippen LogP contribution in [0.15, 0.2) is 30.9 Å². The molecule has 0 aromatic heterocycles. The number of hydrogen-bond acceptors (Lipinski definition) is 3. The van der Waals surface area contributed by atoms with E-state index in [0.717, 1.165) is 23.5 Å². The maximum Gasteiger partial charge on any atom is 0.248 e. The van der Waals surface area contributed by atoms with E-state index in [-0.39, 0.29) is 11.4 Å². The maximum atomic E-state index is 11.9. The van der Waals surface area contributed by atoms with E-state index in [1.807, 2.05) is 24.3 Å². The molecule has 0 saturated carbocycles. The summed E-state index contributed by atoms with van der Waals surface area (Å²) in [4.78, 5) is 15.8. The second-order valence-corrected chi connectivity index (χ2v) is 6.19. The van der Waals surface area contributed by atoms with E-state index in [2.05, 4.69) is 32.3 Å². The average Bonchev–Trinajstić information content (AvgIpc) is 2.59. The zero-order chi connectivity index (χ0) is 15.1. The van der Waals surface area contributed by atoms with E-state index in [1.54, 1.807) is 11.9 Å². The second kappa shape index (κ2) is 4.94. The van der Waals surface area contributed by atoms with Crippen molar-refractivity contribution in [2.75, 3.05) is 23.4 Å². The first-order valence-corrected chi connectivity index (χ1v) is 6.83. The number of fused-ring (bicyclic) bond motifs is 1. The predicted octanol–water partition coefficient (Wildman–Crippen LogP) is 2.45. The molecule has 1 aliphatic heterocycles. The van der Waals surface area contributed by atoms with E-state index in [0.29, 0.717) is 0 Å². The lowest BCUT2D eigenvalue weighted by Gasteiger charge is -2.37. The normalized spacial score (nSPS) is 18.1. The summed E-state index contributed by atoms with van der Waals surface area (Å²) in [6, 6.07) is 5.49. The molecule has 0 fully saturated rings. The summed E-state index contributed by atoms with van der Waals surface area (Å²) in [5, 5.41) is 0. The Morgan fingerprint density at radius 3 is 2.65 bits per heavy atom. The van der Waals surface area contributed by atoms with Gasteiger partial charge in [-0.25, -0.2) is 0 Å². The van der Waals surface area contributed by atoms with Crippen molar-refractivity contribution in [1.82, 2.24) is 0 Å². The van der Waals surface area contributed by atoms with Gasteiger partial charge in [0.1, 0.15) is 6.04 Å². The van der Waals surface area contributed by atoms with Gasteiger partial charge in [-0.05, 0) is 32.9 Å². The third kappa shape index (κ3) is 2.31. The van der Waals surface area contributed by atoms with Crippen molar-refractivity contribution >= 4 is 17.3 Å². The Hall–Kier alpha value is -1.81. The molecule has 0 radical (unpaired) electrons. The van der Waals surface area contributed by atoms with Crippen molar-refractivity contribution in [3.63, 3.8) is 0 Å². The van der Waals surface area contributed by atoms with Gasteiger partial charge in [0.05, 0.1) is 5.69 Å². The molecular formula is C16H23N3O. The number of carbonyl (C=O) groups excluding carboxylic acids is 1. The Morgan fingerprint density at radius 2 is 2.10 bits per heavy atom. The van der Waals surface area contributed by atoms with Gasteiger partial charge in [0.15, 0.2) is 0 Å². The summed E-state index contributed by atoms with van der Waals surface area (Å²) in [7, 11) is 1.77. The molecule has 1 amide bonds. The van der Waals surface area contributed by atoms with Crippen molar-refractivity contribution in [2.45, 2.75) is 32.4 Å². The topological polar surface area (TPSA) is 49.6 Å². The van der Waals surface area contributed by atoms with Crippen LogP contribution >= 0.6 is 0 Å². The SMILES string of the molecule is C=CCN(c1ccc2c(c1)N(C)C(=O)C2N)C(C)(C)C. The van der Waals surface area contributed by atoms with Crippen LogP contribution < -0.4 is 15.5 Å². The van der Waals surface area contributed by atoms with Crippen molar-refractivity contribution in [1.29, 1.82) is 0 Å². The number of carbonyl (C=O) groups is 1. The fourth-order valence-corrected chi connectivity index (χ4v) is 2.61. The molecule has 0 spiro atoms. The number of benzene rings is 1. The van der Waals surface area contributed by atoms with Gasteiger partial charge in [0, 0.05) is 30.4 Å². The van der Waals surface area contributed by atoms with Crippen LogP contribution in [-0.2, 0) is 4.79 Å². The van der Waals surface area contributed by atoms with Crippen LogP contribution in [0.3, 0.4) is 0 Å². The molecule has 1 aromatic rings. The van der Waals surface area contributed by atoms with Crippen LogP contribution in [0, 0.1) is 0 Å². The fourth-order valence-electron chi connectivity index (χ4n) is 2.61. The third-order valence-electron chi connectivity index (χ3n) is 3.74. The largest absolute Gasteiger partial charge is 0.363 e. The Kier molecular flexibility index (Phi) is 3.61. The number of anilines is 2. The number of hydrogen-bond donors (Lipinski definition) is 1. The number of nitrogens with two attached hydrogens (primary N) is 1. The Morgan fingerprint density at radius 1 is 1.45 bits per heavy atom. The highest BCUT2D eigenvalue weighted by Gasteiger charge is 2.33. The standard InChI is InChI=1S/C16H23N3O/c1-6-9-19(16(2,3)4)11-7-8-12-13(10-11)18(5)15(20)14(12)17/h6-8,10,14H,1,9,17H2,2-5H3. The molecule has 1 aromatic carbocycles. The molecule has 0 bridgehead atoms. The van der Waals surface area contributed by atoms with Crippen molar-refractivity contribution < 1.29 is 4.79 Å². The highest BCUT2D eigenvalue weighted by atomic mass is 16.2. The Bertz CT molecular complexity index is 545. The highest BCUT2D eigenvalue weighted by Crippen LogP contribution is 2.37. The lowest BCUT2D eigenvalue weighted by atomic mass is 10.0. The fraction of sp³-hybridized carbons (Fsp3) is 0.438. The molecule has 1 unspecified atom stereocenters. The molecule has 20 heavy (non-hydrogen) atoms. The molecule has 2 rings (SSSR count). The van der Waals surface area contributed by atoms with E-state index < -0.39 is 6.04 Å². The van der Waals surface area contributed by atoms with Crippen LogP contribution in [0.2, 0.25) is 0 Å². The molecule has 108 valence electrons. The summed E-state index contributed by atoms with van der Waals surface area (Å²) < 4.78 is 0. The van der Waals surface area contributed by atoms with Crippen molar-refractivity contribution in [3.8, 4) is 0 Å². The van der Waals surface area contributed by atoms with Crippen molar-refractivity contribution in [2.24, 2.45) is 5.73 Å². The minimum atomic E-state index is -0.536. The monoisotopic (exact) mass is 273 g/mol. The minimum absolute atomic E-state index is 0.0221. The van der Waals surface area contributed by atoms with Crippen molar-refractivity contribution in [3.05, 3.63) is 36.4 Å². The van der Waals surface area contributed by atoms with Gasteiger partial charge in [-0.1, -0.05) is 12.1 Å². The van der Waals surface area contributed by atoms with Gasteiger partial charge in [-0.15, -0.1) is 6.58 Å². The van der Waals surface area contributed by atoms with Gasteiger partial charge in [0.2, 0.25) is 5.91 Å². The lowest BCUT2D eigenvalue weighted by Crippen LogP contribution is -2.41. The minimum Gasteiger partial charge on any atom is -0.363 e. The zero-order valence-electron chi connectivity index (χ0n) is 12.7. The molecule has 0 aliphatic carbocycles. The van der Waals surface area contributed by atoms with Gasteiger partial charge in [-0.3, -0.25) is 4.79 Å². The van der Waals surface area contributed by atoms with E-state index in [4.69, 9.17) is 5.73 Å². The molecule has 1 heterocycles. The molecule has 1 aliphatic rings. The number of rotatable bonds is 3. The van der Waals surface area contributed by atoms with Gasteiger partial charge in [0.25, 0.3) is 0 Å². The van der Waals surface area contributed by atoms with E-state index >= 15 is 0 Å². The van der Waals surface area contributed by atoms with Crippen LogP contribution in [0.5, 0.6) is 0 Å². The first kappa shape index (κ1) is 14.6. The predicted molar refractivity (Wildman–Crippen MR) is 84.1 cm³/mol. The number of likely N-dealkylation sites (N-methyl/N-ethyl adjacent to an activating group) is 1. The summed E-state index contributed by atoms with van der Waals surface area (Å²) in [6.45, 7) is 11.1. The van der Waals surface area contributed by atoms with Crippen LogP contribution in [0.1, 0.15) is 32.4 Å². The first-order chi connectivity index (χ1) is 9.27. The quantitative estimate of drug-likeness (QED) is 0.861. The second-order valence-electron chi connectivity index (χ2n) is 6.19. The van der Waals surface area contributed by atoms with Gasteiger partial charge in [-0.2, -0.15) is 0 Å². The molecular weight excluding hydrogens is 250 g/mol. The molecule has 1 atom stereocenters. The zero-order valence-corrected chi connectivity index (χ0v) is 12.7. The number of amides is 1. The van der Waals surface area contributed by atoms with Crippen LogP contribution in [0.4, 0.5) is 11.4 Å². The molecule has 4 heteroatoms. The van der Waals surface area contributed by atoms with E-state index in [1.165, 1.54) is 0 Å². The Balaban J connectivity index is 2.46. The highest BCUT2D eigenvalue weighted by molar-refractivity contribution is 6.04. The molecule has 0 saturated heterocycles. The Labute approximate surface area is 120 Å². The summed E-state index contributed by atoms with van der Waals surface area (Å²) in [6.07, 6.45) is 1.89. The average molecular weight is 273 g/mol. The van der Waals surface area contributed by atoms with E-state index in [9.17, 15) is 4.79 Å². The lowest BCUT2D eigenvalue weighted by molar-refractivity contribution is -0.118. The third-order valence-corrected chi connectivity index (χ3v) is 3.74. The van der Waals surface area contributed by atoms with Crippen LogP contribution in [0.25, 0.3) is 0 Å². The summed E-state index contributed by atoms with van der Waals surface area (Å²) in [5.74, 6) is -0.0526. The maximum absolute atomic E-state index is 11.9. The van der Waals surface area contributed by atoms with Gasteiger partial charge >= 0.3 is 0 Å². The first-order valence-electron chi connectivity index (χ1n) is 6.83. The molecule has 4 nitrogen and oxygen atoms in total. The summed E-state index contributed by atoms with van der Waals surface area (Å²) >= 11 is 0.